The number of rotatable bonds is 6. The molecule has 1 aliphatic carbocycles. The van der Waals surface area contributed by atoms with Gasteiger partial charge < -0.3 is 15.6 Å². The van der Waals surface area contributed by atoms with Gasteiger partial charge in [-0.3, -0.25) is 0 Å². The molecule has 0 saturated heterocycles. The molecular weight excluding hydrogens is 214 g/mol. The van der Waals surface area contributed by atoms with Crippen LogP contribution in [0.25, 0.3) is 0 Å². The predicted molar refractivity (Wildman–Crippen MR) is 70.8 cm³/mol. The van der Waals surface area contributed by atoms with E-state index in [1.807, 2.05) is 0 Å². The Labute approximate surface area is 106 Å². The van der Waals surface area contributed by atoms with E-state index >= 15 is 0 Å². The van der Waals surface area contributed by atoms with Gasteiger partial charge in [0.15, 0.2) is 0 Å². The molecule has 0 aromatic carbocycles. The van der Waals surface area contributed by atoms with Gasteiger partial charge >= 0.3 is 0 Å². The zero-order valence-electron chi connectivity index (χ0n) is 11.6. The van der Waals surface area contributed by atoms with E-state index in [1.54, 1.807) is 0 Å². The molecule has 0 aliphatic heterocycles. The van der Waals surface area contributed by atoms with E-state index in [-0.39, 0.29) is 12.2 Å². The molecule has 0 bridgehead atoms. The minimum atomic E-state index is -0.152. The van der Waals surface area contributed by atoms with Crippen molar-refractivity contribution in [1.29, 1.82) is 0 Å². The van der Waals surface area contributed by atoms with Gasteiger partial charge in [0, 0.05) is 19.8 Å². The quantitative estimate of drug-likeness (QED) is 0.703. The van der Waals surface area contributed by atoms with E-state index in [2.05, 4.69) is 20.8 Å². The van der Waals surface area contributed by atoms with Gasteiger partial charge in [0.1, 0.15) is 0 Å². The van der Waals surface area contributed by atoms with Crippen LogP contribution in [0.4, 0.5) is 0 Å². The Morgan fingerprint density at radius 1 is 1.41 bits per heavy atom. The summed E-state index contributed by atoms with van der Waals surface area (Å²) in [5, 5.41) is 8.87. The first-order valence-electron chi connectivity index (χ1n) is 7.00. The van der Waals surface area contributed by atoms with E-state index in [9.17, 15) is 0 Å². The molecular formula is C14H29NO2. The summed E-state index contributed by atoms with van der Waals surface area (Å²) in [6.07, 6.45) is 4.28. The molecule has 3 nitrogen and oxygen atoms in total. The Balaban J connectivity index is 2.72. The van der Waals surface area contributed by atoms with Gasteiger partial charge in [0.25, 0.3) is 0 Å². The molecule has 3 atom stereocenters. The van der Waals surface area contributed by atoms with Gasteiger partial charge in [0.2, 0.25) is 0 Å². The van der Waals surface area contributed by atoms with Crippen molar-refractivity contribution in [3.8, 4) is 0 Å². The van der Waals surface area contributed by atoms with Crippen LogP contribution in [0.15, 0.2) is 0 Å². The minimum Gasteiger partial charge on any atom is -0.396 e. The topological polar surface area (TPSA) is 55.5 Å². The monoisotopic (exact) mass is 243 g/mol. The van der Waals surface area contributed by atoms with E-state index in [0.29, 0.717) is 37.3 Å². The number of ether oxygens (including phenoxy) is 1. The molecule has 3 N–H and O–H groups in total. The number of aliphatic hydroxyl groups is 1. The fourth-order valence-corrected chi connectivity index (χ4v) is 3.31. The molecule has 0 heterocycles. The van der Waals surface area contributed by atoms with Gasteiger partial charge in [-0.1, -0.05) is 27.2 Å². The summed E-state index contributed by atoms with van der Waals surface area (Å²) in [6, 6.07) is 0. The fraction of sp³-hybridized carbons (Fsp3) is 1.00. The van der Waals surface area contributed by atoms with Gasteiger partial charge in [-0.15, -0.1) is 0 Å². The Hall–Kier alpha value is -0.120. The summed E-state index contributed by atoms with van der Waals surface area (Å²) in [5.41, 5.74) is 5.87. The highest BCUT2D eigenvalue weighted by atomic mass is 16.5. The average Bonchev–Trinajstić information content (AvgIpc) is 2.29. The predicted octanol–water partition coefficient (Wildman–Crippen LogP) is 2.18. The smallest absolute Gasteiger partial charge is 0.0837 e. The second-order valence-corrected chi connectivity index (χ2v) is 5.93. The Bertz CT molecular complexity index is 220. The number of aliphatic hydroxyl groups excluding tert-OH is 1. The van der Waals surface area contributed by atoms with Crippen molar-refractivity contribution in [2.75, 3.05) is 19.8 Å². The van der Waals surface area contributed by atoms with Crippen LogP contribution in [-0.4, -0.2) is 30.5 Å². The van der Waals surface area contributed by atoms with Gasteiger partial charge in [-0.25, -0.2) is 0 Å². The maximum atomic E-state index is 8.87. The third-order valence-corrected chi connectivity index (χ3v) is 4.18. The Kier molecular flexibility index (Phi) is 5.90. The van der Waals surface area contributed by atoms with Crippen LogP contribution < -0.4 is 5.73 Å². The molecule has 0 spiro atoms. The first kappa shape index (κ1) is 14.9. The van der Waals surface area contributed by atoms with Gasteiger partial charge in [-0.05, 0) is 37.0 Å². The lowest BCUT2D eigenvalue weighted by atomic mass is 9.67. The average molecular weight is 243 g/mol. The highest BCUT2D eigenvalue weighted by Crippen LogP contribution is 2.42. The lowest BCUT2D eigenvalue weighted by Crippen LogP contribution is -2.53. The molecule has 1 rings (SSSR count). The molecule has 0 amide bonds. The molecule has 17 heavy (non-hydrogen) atoms. The Morgan fingerprint density at radius 2 is 2.12 bits per heavy atom. The van der Waals surface area contributed by atoms with Crippen LogP contribution in [0.2, 0.25) is 0 Å². The summed E-state index contributed by atoms with van der Waals surface area (Å²) >= 11 is 0. The van der Waals surface area contributed by atoms with E-state index in [4.69, 9.17) is 15.6 Å². The maximum Gasteiger partial charge on any atom is 0.0837 e. The number of hydrogen-bond acceptors (Lipinski definition) is 3. The second kappa shape index (κ2) is 6.72. The molecule has 0 radical (unpaired) electrons. The van der Waals surface area contributed by atoms with Crippen molar-refractivity contribution in [3.63, 3.8) is 0 Å². The van der Waals surface area contributed by atoms with Crippen LogP contribution in [-0.2, 0) is 4.74 Å². The third-order valence-electron chi connectivity index (χ3n) is 4.18. The van der Waals surface area contributed by atoms with Crippen LogP contribution in [0.5, 0.6) is 0 Å². The molecule has 3 unspecified atom stereocenters. The molecule has 0 aromatic heterocycles. The standard InChI is InChI=1S/C14H29NO2/c1-11(2)13-6-5-12(3)9-14(13,10-15)17-8-4-7-16/h11-13,16H,4-10,15H2,1-3H3. The molecule has 1 aliphatic rings. The zero-order chi connectivity index (χ0) is 12.9. The minimum absolute atomic E-state index is 0.152. The van der Waals surface area contributed by atoms with Crippen molar-refractivity contribution < 1.29 is 9.84 Å². The number of hydrogen-bond donors (Lipinski definition) is 2. The fourth-order valence-electron chi connectivity index (χ4n) is 3.31. The van der Waals surface area contributed by atoms with E-state index < -0.39 is 0 Å². The molecule has 3 heteroatoms. The normalized spacial score (nSPS) is 34.2. The largest absolute Gasteiger partial charge is 0.396 e. The molecule has 0 aromatic rings. The third kappa shape index (κ3) is 3.67. The first-order valence-corrected chi connectivity index (χ1v) is 7.00. The van der Waals surface area contributed by atoms with E-state index in [0.717, 1.165) is 6.42 Å². The second-order valence-electron chi connectivity index (χ2n) is 5.93. The number of nitrogens with two attached hydrogens (primary N) is 1. The maximum absolute atomic E-state index is 8.87. The van der Waals surface area contributed by atoms with Crippen molar-refractivity contribution in [2.24, 2.45) is 23.5 Å². The van der Waals surface area contributed by atoms with Crippen molar-refractivity contribution in [2.45, 2.75) is 52.1 Å². The summed E-state index contributed by atoms with van der Waals surface area (Å²) in [4.78, 5) is 0. The Morgan fingerprint density at radius 3 is 2.65 bits per heavy atom. The van der Waals surface area contributed by atoms with Gasteiger partial charge in [-0.2, -0.15) is 0 Å². The van der Waals surface area contributed by atoms with Crippen LogP contribution >= 0.6 is 0 Å². The highest BCUT2D eigenvalue weighted by Gasteiger charge is 2.44. The zero-order valence-corrected chi connectivity index (χ0v) is 11.6. The first-order chi connectivity index (χ1) is 8.05. The van der Waals surface area contributed by atoms with Crippen LogP contribution in [0, 0.1) is 17.8 Å². The molecule has 1 saturated carbocycles. The van der Waals surface area contributed by atoms with Crippen molar-refractivity contribution in [3.05, 3.63) is 0 Å². The SMILES string of the molecule is CC1CCC(C(C)C)C(CN)(OCCCO)C1. The lowest BCUT2D eigenvalue weighted by molar-refractivity contribution is -0.127. The molecule has 1 fully saturated rings. The van der Waals surface area contributed by atoms with Crippen LogP contribution in [0.1, 0.15) is 46.5 Å². The van der Waals surface area contributed by atoms with Gasteiger partial charge in [0.05, 0.1) is 5.60 Å². The van der Waals surface area contributed by atoms with Crippen LogP contribution in [0.3, 0.4) is 0 Å². The van der Waals surface area contributed by atoms with Crippen molar-refractivity contribution >= 4 is 0 Å². The van der Waals surface area contributed by atoms with E-state index in [1.165, 1.54) is 12.8 Å². The summed E-state index contributed by atoms with van der Waals surface area (Å²) in [7, 11) is 0. The van der Waals surface area contributed by atoms with Crippen molar-refractivity contribution in [1.82, 2.24) is 0 Å². The summed E-state index contributed by atoms with van der Waals surface area (Å²) < 4.78 is 6.12. The summed E-state index contributed by atoms with van der Waals surface area (Å²) in [5.74, 6) is 1.87. The lowest BCUT2D eigenvalue weighted by Gasteiger charge is -2.47. The molecule has 102 valence electrons. The summed E-state index contributed by atoms with van der Waals surface area (Å²) in [6.45, 7) is 8.25. The highest BCUT2D eigenvalue weighted by molar-refractivity contribution is 4.96.